The second-order valence-corrected chi connectivity index (χ2v) is 15.3. The molecule has 5 atom stereocenters. The SMILES string of the molecule is CCN(CC)[C@@H](C(=O)N1C[C@@H](F)[C@@H](c2ncc(-c3ccc(-c4ccc(-c5cnc([C@@H]6[C@H](F)CCN6C(=O)OC(C)(C)C)[nH]5)cc4)cc3)[nH]2)C1)c1ccccc1. The highest BCUT2D eigenvalue weighted by atomic mass is 19.1. The predicted molar refractivity (Wildman–Crippen MR) is 209 cm³/mol. The van der Waals surface area contributed by atoms with Crippen LogP contribution < -0.4 is 0 Å². The third-order valence-electron chi connectivity index (χ3n) is 10.6. The molecule has 288 valence electrons. The molecule has 3 aromatic carbocycles. The van der Waals surface area contributed by atoms with Crippen molar-refractivity contribution in [2.75, 3.05) is 32.7 Å². The summed E-state index contributed by atoms with van der Waals surface area (Å²) in [6.45, 7) is 11.4. The van der Waals surface area contributed by atoms with Crippen molar-refractivity contribution < 1.29 is 23.1 Å². The molecule has 0 spiro atoms. The maximum atomic E-state index is 15.6. The van der Waals surface area contributed by atoms with Gasteiger partial charge in [-0.05, 0) is 68.1 Å². The fourth-order valence-corrected chi connectivity index (χ4v) is 7.70. The first-order valence-electron chi connectivity index (χ1n) is 19.1. The average molecular weight is 750 g/mol. The number of aromatic nitrogens is 4. The number of ether oxygens (including phenoxy) is 1. The van der Waals surface area contributed by atoms with Gasteiger partial charge in [-0.1, -0.05) is 92.7 Å². The summed E-state index contributed by atoms with van der Waals surface area (Å²) < 4.78 is 36.1. The topological polar surface area (TPSA) is 110 Å². The molecule has 0 bridgehead atoms. The molecule has 55 heavy (non-hydrogen) atoms. The Hall–Kier alpha value is -5.36. The molecule has 5 aromatic rings. The molecule has 4 heterocycles. The molecule has 2 amide bonds. The van der Waals surface area contributed by atoms with E-state index in [1.165, 1.54) is 4.90 Å². The third-order valence-corrected chi connectivity index (χ3v) is 10.6. The summed E-state index contributed by atoms with van der Waals surface area (Å²) in [5, 5.41) is 0. The van der Waals surface area contributed by atoms with Crippen LogP contribution in [0.5, 0.6) is 0 Å². The lowest BCUT2D eigenvalue weighted by molar-refractivity contribution is -0.136. The highest BCUT2D eigenvalue weighted by Crippen LogP contribution is 2.36. The second kappa shape index (κ2) is 15.8. The molecule has 2 N–H and O–H groups in total. The van der Waals surface area contributed by atoms with Crippen molar-refractivity contribution in [1.29, 1.82) is 0 Å². The fourth-order valence-electron chi connectivity index (χ4n) is 7.70. The number of likely N-dealkylation sites (tertiary alicyclic amines) is 2. The molecule has 2 fully saturated rings. The molecular formula is C43H49F2N7O3. The summed E-state index contributed by atoms with van der Waals surface area (Å²) in [7, 11) is 0. The van der Waals surface area contributed by atoms with Gasteiger partial charge in [-0.15, -0.1) is 0 Å². The number of halogens is 2. The minimum atomic E-state index is -1.24. The van der Waals surface area contributed by atoms with E-state index >= 15 is 8.78 Å². The Labute approximate surface area is 320 Å². The molecular weight excluding hydrogens is 701 g/mol. The van der Waals surface area contributed by atoms with E-state index in [1.807, 2.05) is 92.7 Å². The maximum absolute atomic E-state index is 15.6. The Morgan fingerprint density at radius 2 is 1.35 bits per heavy atom. The van der Waals surface area contributed by atoms with Crippen LogP contribution in [0.1, 0.15) is 76.3 Å². The van der Waals surface area contributed by atoms with E-state index in [9.17, 15) is 9.59 Å². The van der Waals surface area contributed by atoms with Crippen molar-refractivity contribution in [1.82, 2.24) is 34.6 Å². The number of nitrogens with one attached hydrogen (secondary N) is 2. The maximum Gasteiger partial charge on any atom is 0.411 e. The van der Waals surface area contributed by atoms with Gasteiger partial charge >= 0.3 is 6.09 Å². The lowest BCUT2D eigenvalue weighted by Gasteiger charge is -2.32. The number of imidazole rings is 2. The number of carbonyl (C=O) groups is 2. The van der Waals surface area contributed by atoms with Crippen molar-refractivity contribution in [3.8, 4) is 33.6 Å². The van der Waals surface area contributed by atoms with Crippen molar-refractivity contribution in [2.24, 2.45) is 0 Å². The molecule has 2 aliphatic rings. The van der Waals surface area contributed by atoms with Crippen LogP contribution in [0.15, 0.2) is 91.3 Å². The summed E-state index contributed by atoms with van der Waals surface area (Å²) in [6.07, 6.45) is 0.582. The normalized spacial score (nSPS) is 20.7. The Morgan fingerprint density at radius 1 is 0.800 bits per heavy atom. The smallest absolute Gasteiger partial charge is 0.411 e. The van der Waals surface area contributed by atoms with Gasteiger partial charge < -0.3 is 19.6 Å². The van der Waals surface area contributed by atoms with Gasteiger partial charge in [0.05, 0.1) is 36.2 Å². The molecule has 0 saturated carbocycles. The molecule has 0 unspecified atom stereocenters. The number of rotatable bonds is 10. The summed E-state index contributed by atoms with van der Waals surface area (Å²) in [6, 6.07) is 24.4. The van der Waals surface area contributed by atoms with Crippen molar-refractivity contribution in [3.05, 3.63) is 108 Å². The summed E-state index contributed by atoms with van der Waals surface area (Å²) in [5.74, 6) is 0.289. The number of aromatic amines is 2. The van der Waals surface area contributed by atoms with Gasteiger partial charge in [0.25, 0.3) is 0 Å². The minimum absolute atomic E-state index is 0.0322. The predicted octanol–water partition coefficient (Wildman–Crippen LogP) is 8.50. The number of carbonyl (C=O) groups excluding carboxylic acids is 2. The van der Waals surface area contributed by atoms with Crippen molar-refractivity contribution in [3.63, 3.8) is 0 Å². The van der Waals surface area contributed by atoms with Gasteiger partial charge in [-0.3, -0.25) is 14.6 Å². The molecule has 7 rings (SSSR count). The van der Waals surface area contributed by atoms with Gasteiger partial charge in [0.15, 0.2) is 0 Å². The molecule has 10 nitrogen and oxygen atoms in total. The number of benzene rings is 3. The largest absolute Gasteiger partial charge is 0.444 e. The fraction of sp³-hybridized carbons (Fsp3) is 0.395. The Morgan fingerprint density at radius 3 is 1.91 bits per heavy atom. The van der Waals surface area contributed by atoms with E-state index in [0.717, 1.165) is 39.2 Å². The van der Waals surface area contributed by atoms with Gasteiger partial charge in [0.2, 0.25) is 5.91 Å². The first-order valence-corrected chi connectivity index (χ1v) is 19.1. The average Bonchev–Trinajstić information content (AvgIpc) is 4.00. The first kappa shape index (κ1) is 37.9. The van der Waals surface area contributed by atoms with Crippen LogP contribution in [-0.2, 0) is 9.53 Å². The van der Waals surface area contributed by atoms with Crippen molar-refractivity contribution in [2.45, 2.75) is 77.0 Å². The number of hydrogen-bond donors (Lipinski definition) is 2. The number of H-pyrrole nitrogens is 2. The van der Waals surface area contributed by atoms with Crippen LogP contribution in [0.25, 0.3) is 33.6 Å². The number of amides is 2. The summed E-state index contributed by atoms with van der Waals surface area (Å²) in [4.78, 5) is 47.4. The molecule has 0 radical (unpaired) electrons. The third kappa shape index (κ3) is 8.05. The summed E-state index contributed by atoms with van der Waals surface area (Å²) >= 11 is 0. The van der Waals surface area contributed by atoms with E-state index in [1.54, 1.807) is 38.1 Å². The number of likely N-dealkylation sites (N-methyl/N-ethyl adjacent to an activating group) is 1. The monoisotopic (exact) mass is 749 g/mol. The van der Waals surface area contributed by atoms with E-state index < -0.39 is 42.0 Å². The molecule has 2 aromatic heterocycles. The van der Waals surface area contributed by atoms with E-state index in [4.69, 9.17) is 4.74 Å². The van der Waals surface area contributed by atoms with Gasteiger partial charge in [-0.2, -0.15) is 0 Å². The number of nitrogens with zero attached hydrogens (tertiary/aromatic N) is 5. The van der Waals surface area contributed by atoms with E-state index in [2.05, 4.69) is 24.8 Å². The van der Waals surface area contributed by atoms with Crippen LogP contribution in [0.3, 0.4) is 0 Å². The van der Waals surface area contributed by atoms with Crippen LogP contribution in [0.2, 0.25) is 0 Å². The number of alkyl halides is 2. The van der Waals surface area contributed by atoms with Gasteiger partial charge in [0.1, 0.15) is 41.7 Å². The zero-order chi connectivity index (χ0) is 38.9. The highest BCUT2D eigenvalue weighted by molar-refractivity contribution is 5.84. The van der Waals surface area contributed by atoms with Crippen molar-refractivity contribution >= 4 is 12.0 Å². The minimum Gasteiger partial charge on any atom is -0.444 e. The zero-order valence-electron chi connectivity index (χ0n) is 32.0. The number of hydrogen-bond acceptors (Lipinski definition) is 6. The van der Waals surface area contributed by atoms with Crippen LogP contribution in [-0.4, -0.2) is 97.3 Å². The molecule has 0 aliphatic carbocycles. The van der Waals surface area contributed by atoms with Crippen LogP contribution in [0.4, 0.5) is 13.6 Å². The quantitative estimate of drug-likeness (QED) is 0.148. The summed E-state index contributed by atoms with van der Waals surface area (Å²) in [5.41, 5.74) is 5.53. The van der Waals surface area contributed by atoms with Crippen LogP contribution in [0, 0.1) is 0 Å². The Balaban J connectivity index is 1.00. The Kier molecular flexibility index (Phi) is 10.9. The highest BCUT2D eigenvalue weighted by Gasteiger charge is 2.43. The van der Waals surface area contributed by atoms with Gasteiger partial charge in [0, 0.05) is 13.1 Å². The van der Waals surface area contributed by atoms with E-state index in [-0.39, 0.29) is 32.0 Å². The lowest BCUT2D eigenvalue weighted by atomic mass is 10.0. The first-order chi connectivity index (χ1) is 26.4. The Bertz CT molecular complexity index is 2070. The molecule has 12 heteroatoms. The second-order valence-electron chi connectivity index (χ2n) is 15.3. The molecule has 2 saturated heterocycles. The lowest BCUT2D eigenvalue weighted by Crippen LogP contribution is -2.42. The van der Waals surface area contributed by atoms with Crippen LogP contribution >= 0.6 is 0 Å². The van der Waals surface area contributed by atoms with Gasteiger partial charge in [-0.25, -0.2) is 23.5 Å². The molecule has 2 aliphatic heterocycles. The standard InChI is InChI=1S/C43H49F2N7O3/c1-6-50(7-2)37(31-11-9-8-10-12-31)41(53)51-25-32(34(45)26-51)39-46-23-35(48-39)29-17-13-27(14-18-29)28-15-19-30(20-16-28)36-24-47-40(49-36)38-33(44)21-22-52(38)42(54)55-43(3,4)5/h8-20,23-24,32-34,37-38H,6-7,21-22,25-26H2,1-5H3,(H,46,48)(H,47,49)/t32-,33+,34+,37+,38-/m0/s1. The van der Waals surface area contributed by atoms with E-state index in [0.29, 0.717) is 24.7 Å². The zero-order valence-corrected chi connectivity index (χ0v) is 32.0.